The van der Waals surface area contributed by atoms with E-state index in [1.807, 2.05) is 0 Å². The third-order valence-electron chi connectivity index (χ3n) is 0.785. The normalized spacial score (nSPS) is 9.62. The summed E-state index contributed by atoms with van der Waals surface area (Å²) in [5, 5.41) is 15.3. The molecule has 1 rings (SSSR count). The molecule has 0 spiro atoms. The van der Waals surface area contributed by atoms with Gasteiger partial charge in [0.2, 0.25) is 0 Å². The predicted octanol–water partition coefficient (Wildman–Crippen LogP) is -0.108. The molecule has 0 aliphatic carbocycles. The van der Waals surface area contributed by atoms with E-state index in [2.05, 4.69) is 17.2 Å². The molecule has 1 aromatic heterocycles. The third kappa shape index (κ3) is 0.776. The van der Waals surface area contributed by atoms with Crippen molar-refractivity contribution in [3.63, 3.8) is 0 Å². The Morgan fingerprint density at radius 3 is 2.88 bits per heavy atom. The van der Waals surface area contributed by atoms with Gasteiger partial charge in [-0.05, 0) is 18.6 Å². The molecule has 1 heterocycles. The van der Waals surface area contributed by atoms with Crippen molar-refractivity contribution < 1.29 is 5.21 Å². The lowest BCUT2D eigenvalue weighted by Crippen LogP contribution is -1.88. The molecule has 0 unspecified atom stereocenters. The first-order chi connectivity index (χ1) is 3.83. The molecule has 43 valence electrons. The van der Waals surface area contributed by atoms with E-state index in [-0.39, 0.29) is 0 Å². The summed E-state index contributed by atoms with van der Waals surface area (Å²) in [7, 11) is 0. The van der Waals surface area contributed by atoms with Crippen molar-refractivity contribution in [1.29, 1.82) is 0 Å². The SMILES string of the molecule is [CH2]Cc1cn(O)nn1. The molecule has 4 nitrogen and oxygen atoms in total. The highest BCUT2D eigenvalue weighted by molar-refractivity contribution is 4.91. The van der Waals surface area contributed by atoms with E-state index in [9.17, 15) is 0 Å². The van der Waals surface area contributed by atoms with Crippen molar-refractivity contribution in [1.82, 2.24) is 15.2 Å². The lowest BCUT2D eigenvalue weighted by molar-refractivity contribution is 0.143. The Morgan fingerprint density at radius 1 is 1.88 bits per heavy atom. The highest BCUT2D eigenvalue weighted by Crippen LogP contribution is 1.88. The fourth-order valence-corrected chi connectivity index (χ4v) is 0.403. The van der Waals surface area contributed by atoms with Crippen LogP contribution in [0.3, 0.4) is 0 Å². The maximum absolute atomic E-state index is 8.50. The number of nitrogens with zero attached hydrogens (tertiary/aromatic N) is 3. The second kappa shape index (κ2) is 1.81. The van der Waals surface area contributed by atoms with E-state index in [4.69, 9.17) is 5.21 Å². The summed E-state index contributed by atoms with van der Waals surface area (Å²) in [6.07, 6.45) is 1.97. The highest BCUT2D eigenvalue weighted by Gasteiger charge is 1.92. The molecule has 0 aliphatic heterocycles. The summed E-state index contributed by atoms with van der Waals surface area (Å²) >= 11 is 0. The smallest absolute Gasteiger partial charge is 0.0900 e. The van der Waals surface area contributed by atoms with Gasteiger partial charge in [-0.15, -0.1) is 5.10 Å². The summed E-state index contributed by atoms with van der Waals surface area (Å²) in [5.41, 5.74) is 0.688. The lowest BCUT2D eigenvalue weighted by atomic mass is 10.4. The fraction of sp³-hybridized carbons (Fsp3) is 0.250. The summed E-state index contributed by atoms with van der Waals surface area (Å²) in [5.74, 6) is 0. The Labute approximate surface area is 46.7 Å². The molecule has 1 N–H and O–H groups in total. The number of aromatic nitrogens is 3. The van der Waals surface area contributed by atoms with Gasteiger partial charge in [0.15, 0.2) is 0 Å². The molecule has 0 amide bonds. The number of rotatable bonds is 1. The first-order valence-corrected chi connectivity index (χ1v) is 2.22. The second-order valence-electron chi connectivity index (χ2n) is 1.38. The molecule has 0 fully saturated rings. The number of hydrogen-bond donors (Lipinski definition) is 1. The van der Waals surface area contributed by atoms with Crippen LogP contribution in [0.4, 0.5) is 0 Å². The summed E-state index contributed by atoms with van der Waals surface area (Å²) in [4.78, 5) is 0.667. The van der Waals surface area contributed by atoms with Gasteiger partial charge in [0.05, 0.1) is 11.9 Å². The van der Waals surface area contributed by atoms with Crippen LogP contribution in [0.1, 0.15) is 5.69 Å². The molecule has 4 heteroatoms. The van der Waals surface area contributed by atoms with E-state index >= 15 is 0 Å². The topological polar surface area (TPSA) is 50.9 Å². The van der Waals surface area contributed by atoms with Gasteiger partial charge in [0.25, 0.3) is 0 Å². The van der Waals surface area contributed by atoms with E-state index in [1.165, 1.54) is 6.20 Å². The van der Waals surface area contributed by atoms with Gasteiger partial charge in [-0.3, -0.25) is 0 Å². The van der Waals surface area contributed by atoms with Gasteiger partial charge in [-0.2, -0.15) is 0 Å². The summed E-state index contributed by atoms with van der Waals surface area (Å²) < 4.78 is 0. The lowest BCUT2D eigenvalue weighted by Gasteiger charge is -1.77. The molecular formula is C4H6N3O. The minimum absolute atomic E-state index is 0.556. The third-order valence-corrected chi connectivity index (χ3v) is 0.785. The van der Waals surface area contributed by atoms with Gasteiger partial charge in [0, 0.05) is 0 Å². The monoisotopic (exact) mass is 112 g/mol. The van der Waals surface area contributed by atoms with Crippen molar-refractivity contribution >= 4 is 0 Å². The van der Waals surface area contributed by atoms with Gasteiger partial charge in [0.1, 0.15) is 0 Å². The Morgan fingerprint density at radius 2 is 2.62 bits per heavy atom. The van der Waals surface area contributed by atoms with Crippen LogP contribution < -0.4 is 0 Å². The van der Waals surface area contributed by atoms with E-state index < -0.39 is 0 Å². The second-order valence-corrected chi connectivity index (χ2v) is 1.38. The Kier molecular flexibility index (Phi) is 1.15. The minimum atomic E-state index is 0.556. The Bertz CT molecular complexity index is 172. The fourth-order valence-electron chi connectivity index (χ4n) is 0.403. The molecular weight excluding hydrogens is 106 g/mol. The maximum Gasteiger partial charge on any atom is 0.0900 e. The summed E-state index contributed by atoms with van der Waals surface area (Å²) in [6.45, 7) is 3.54. The van der Waals surface area contributed by atoms with Crippen molar-refractivity contribution in [2.24, 2.45) is 0 Å². The van der Waals surface area contributed by atoms with Gasteiger partial charge in [-0.25, -0.2) is 0 Å². The van der Waals surface area contributed by atoms with Crippen molar-refractivity contribution in [2.75, 3.05) is 0 Å². The zero-order chi connectivity index (χ0) is 5.98. The molecule has 8 heavy (non-hydrogen) atoms. The molecule has 1 radical (unpaired) electrons. The molecule has 0 atom stereocenters. The van der Waals surface area contributed by atoms with Crippen LogP contribution in [0.15, 0.2) is 6.20 Å². The van der Waals surface area contributed by atoms with Crippen LogP contribution in [-0.2, 0) is 6.42 Å². The van der Waals surface area contributed by atoms with E-state index in [0.29, 0.717) is 17.0 Å². The van der Waals surface area contributed by atoms with Crippen LogP contribution >= 0.6 is 0 Å². The molecule has 0 saturated heterocycles. The average molecular weight is 112 g/mol. The van der Waals surface area contributed by atoms with Crippen molar-refractivity contribution in [3.8, 4) is 0 Å². The molecule has 0 aromatic carbocycles. The average Bonchev–Trinajstić information content (AvgIpc) is 2.14. The minimum Gasteiger partial charge on any atom is -0.411 e. The molecule has 1 aromatic rings. The van der Waals surface area contributed by atoms with E-state index in [1.54, 1.807) is 0 Å². The standard InChI is InChI=1S/C4H6N3O/c1-2-4-3-7(8)6-5-4/h3,8H,1-2H2. The van der Waals surface area contributed by atoms with Gasteiger partial charge >= 0.3 is 0 Å². The van der Waals surface area contributed by atoms with Gasteiger partial charge in [-0.1, -0.05) is 4.85 Å². The van der Waals surface area contributed by atoms with Crippen LogP contribution in [0.25, 0.3) is 0 Å². The van der Waals surface area contributed by atoms with Gasteiger partial charge < -0.3 is 5.21 Å². The van der Waals surface area contributed by atoms with Crippen LogP contribution in [0.5, 0.6) is 0 Å². The molecule has 0 saturated carbocycles. The largest absolute Gasteiger partial charge is 0.411 e. The zero-order valence-electron chi connectivity index (χ0n) is 4.28. The van der Waals surface area contributed by atoms with Crippen molar-refractivity contribution in [2.45, 2.75) is 6.42 Å². The molecule has 0 bridgehead atoms. The van der Waals surface area contributed by atoms with Crippen LogP contribution in [0, 0.1) is 6.92 Å². The number of hydrogen-bond acceptors (Lipinski definition) is 3. The predicted molar refractivity (Wildman–Crippen MR) is 26.3 cm³/mol. The highest BCUT2D eigenvalue weighted by atomic mass is 16.5. The summed E-state index contributed by atoms with van der Waals surface area (Å²) in [6, 6.07) is 0. The Balaban J connectivity index is 2.84. The van der Waals surface area contributed by atoms with Crippen molar-refractivity contribution in [3.05, 3.63) is 18.8 Å². The van der Waals surface area contributed by atoms with Crippen LogP contribution in [-0.4, -0.2) is 20.4 Å². The first-order valence-electron chi connectivity index (χ1n) is 2.22. The zero-order valence-corrected chi connectivity index (χ0v) is 4.28. The van der Waals surface area contributed by atoms with Crippen LogP contribution in [0.2, 0.25) is 0 Å². The maximum atomic E-state index is 8.50. The first kappa shape index (κ1) is 5.08. The Hall–Kier alpha value is -1.06. The van der Waals surface area contributed by atoms with E-state index in [0.717, 1.165) is 0 Å². The quantitative estimate of drug-likeness (QED) is 0.516. The molecule has 0 aliphatic rings.